The van der Waals surface area contributed by atoms with Crippen molar-refractivity contribution in [2.75, 3.05) is 52.4 Å². The summed E-state index contributed by atoms with van der Waals surface area (Å²) in [5, 5.41) is 10.4. The van der Waals surface area contributed by atoms with Gasteiger partial charge in [-0.15, -0.1) is 0 Å². The number of rotatable bonds is 15. The van der Waals surface area contributed by atoms with E-state index in [0.29, 0.717) is 6.04 Å². The van der Waals surface area contributed by atoms with E-state index in [9.17, 15) is 0 Å². The predicted octanol–water partition coefficient (Wildman–Crippen LogP) is 3.19. The van der Waals surface area contributed by atoms with Crippen molar-refractivity contribution < 1.29 is 2.85 Å². The van der Waals surface area contributed by atoms with Gasteiger partial charge in [0, 0.05) is 8.90 Å². The third kappa shape index (κ3) is 17.9. The highest BCUT2D eigenvalue weighted by molar-refractivity contribution is 4.61. The van der Waals surface area contributed by atoms with E-state index in [-0.39, 0.29) is 2.85 Å². The molecule has 140 valence electrons. The lowest BCUT2D eigenvalue weighted by Gasteiger charge is -2.24. The van der Waals surface area contributed by atoms with Gasteiger partial charge in [-0.1, -0.05) is 27.7 Å². The molecule has 0 radical (unpaired) electrons. The second-order valence-electron chi connectivity index (χ2n) is 5.64. The summed E-state index contributed by atoms with van der Waals surface area (Å²) < 4.78 is 0. The topological polar surface area (TPSA) is 39.3 Å². The van der Waals surface area contributed by atoms with Crippen LogP contribution in [0.3, 0.4) is 0 Å². The fourth-order valence-electron chi connectivity index (χ4n) is 2.29. The van der Waals surface area contributed by atoms with Gasteiger partial charge in [0.1, 0.15) is 0 Å². The monoisotopic (exact) mass is 320 g/mol. The van der Waals surface area contributed by atoms with Crippen molar-refractivity contribution >= 4 is 0 Å². The van der Waals surface area contributed by atoms with Gasteiger partial charge < -0.3 is 20.9 Å². The molecular formula is C18H48N4. The molecular weight excluding hydrogens is 272 g/mol. The number of hydrogen-bond acceptors (Lipinski definition) is 4. The second kappa shape index (κ2) is 20.8. The van der Waals surface area contributed by atoms with Crippen molar-refractivity contribution in [3.63, 3.8) is 0 Å². The molecule has 4 heteroatoms. The summed E-state index contributed by atoms with van der Waals surface area (Å²) in [6, 6.07) is 0.673. The van der Waals surface area contributed by atoms with Crippen LogP contribution in [-0.2, 0) is 0 Å². The van der Waals surface area contributed by atoms with Crippen LogP contribution in [0.5, 0.6) is 0 Å². The van der Waals surface area contributed by atoms with Gasteiger partial charge in [0.2, 0.25) is 0 Å². The molecule has 0 saturated heterocycles. The SMILES string of the molecule is CC.CCNCCCNCCCNCCCN(CC)C(C)C.[HH].[HH]. The fourth-order valence-corrected chi connectivity index (χ4v) is 2.29. The first-order valence-corrected chi connectivity index (χ1v) is 9.58. The van der Waals surface area contributed by atoms with Crippen LogP contribution in [0.2, 0.25) is 0 Å². The van der Waals surface area contributed by atoms with Gasteiger partial charge in [0.05, 0.1) is 0 Å². The minimum Gasteiger partial charge on any atom is -0.317 e. The van der Waals surface area contributed by atoms with Crippen LogP contribution >= 0.6 is 0 Å². The molecule has 0 aliphatic carbocycles. The third-order valence-electron chi connectivity index (χ3n) is 3.60. The fraction of sp³-hybridized carbons (Fsp3) is 1.00. The van der Waals surface area contributed by atoms with Gasteiger partial charge in [0.15, 0.2) is 0 Å². The zero-order chi connectivity index (χ0) is 17.1. The number of nitrogens with one attached hydrogen (secondary N) is 3. The highest BCUT2D eigenvalue weighted by atomic mass is 15.1. The first-order valence-electron chi connectivity index (χ1n) is 9.58. The van der Waals surface area contributed by atoms with Crippen molar-refractivity contribution in [1.29, 1.82) is 0 Å². The average Bonchev–Trinajstić information content (AvgIpc) is 2.53. The molecule has 0 rings (SSSR count). The maximum atomic E-state index is 3.54. The Morgan fingerprint density at radius 2 is 1.23 bits per heavy atom. The smallest absolute Gasteiger partial charge is 0.00384 e. The van der Waals surface area contributed by atoms with Crippen LogP contribution in [0.4, 0.5) is 0 Å². The Balaban J connectivity index is -0.000000480. The molecule has 0 aliphatic rings. The van der Waals surface area contributed by atoms with E-state index in [1.54, 1.807) is 0 Å². The molecule has 0 aromatic rings. The summed E-state index contributed by atoms with van der Waals surface area (Å²) in [6.45, 7) is 22.1. The molecule has 0 amide bonds. The van der Waals surface area contributed by atoms with E-state index in [1.165, 1.54) is 25.8 Å². The predicted molar refractivity (Wildman–Crippen MR) is 106 cm³/mol. The normalized spacial score (nSPS) is 10.9. The summed E-state index contributed by atoms with van der Waals surface area (Å²) in [6.07, 6.45) is 3.70. The number of hydrogen-bond donors (Lipinski definition) is 3. The first kappa shape index (κ1) is 24.1. The summed E-state index contributed by atoms with van der Waals surface area (Å²) in [5.74, 6) is 0. The quantitative estimate of drug-likeness (QED) is 0.405. The lowest BCUT2D eigenvalue weighted by molar-refractivity contribution is 0.230. The Morgan fingerprint density at radius 3 is 1.64 bits per heavy atom. The molecule has 3 N–H and O–H groups in total. The molecule has 4 nitrogen and oxygen atoms in total. The minimum absolute atomic E-state index is 0. The molecule has 0 heterocycles. The minimum atomic E-state index is 0. The lowest BCUT2D eigenvalue weighted by atomic mass is 10.3. The first-order chi connectivity index (χ1) is 10.7. The van der Waals surface area contributed by atoms with Crippen molar-refractivity contribution in [3.8, 4) is 0 Å². The molecule has 22 heavy (non-hydrogen) atoms. The summed E-state index contributed by atoms with van der Waals surface area (Å²) in [5.41, 5.74) is 0. The number of nitrogens with zero attached hydrogens (tertiary/aromatic N) is 1. The Labute approximate surface area is 143 Å². The standard InChI is InChI=1S/C16H38N4.C2H6.2H2/c1-5-17-10-7-11-18-12-8-13-19-14-9-15-20(6-2)16(3)4;1-2;;/h16-19H,5-15H2,1-4H3;1-2H3;2*1H. The second-order valence-corrected chi connectivity index (χ2v) is 5.64. The molecule has 0 spiro atoms. The highest BCUT2D eigenvalue weighted by Gasteiger charge is 2.05. The molecule has 0 aromatic carbocycles. The van der Waals surface area contributed by atoms with E-state index in [4.69, 9.17) is 0 Å². The molecule has 0 aliphatic heterocycles. The molecule has 0 unspecified atom stereocenters. The maximum Gasteiger partial charge on any atom is 0.00384 e. The molecule has 0 fully saturated rings. The Bertz CT molecular complexity index is 196. The summed E-state index contributed by atoms with van der Waals surface area (Å²) in [7, 11) is 0. The largest absolute Gasteiger partial charge is 0.317 e. The van der Waals surface area contributed by atoms with Gasteiger partial charge in [0.25, 0.3) is 0 Å². The van der Waals surface area contributed by atoms with E-state index in [2.05, 4.69) is 48.5 Å². The van der Waals surface area contributed by atoms with E-state index >= 15 is 0 Å². The van der Waals surface area contributed by atoms with Gasteiger partial charge in [-0.25, -0.2) is 0 Å². The van der Waals surface area contributed by atoms with E-state index in [1.807, 2.05) is 13.8 Å². The highest BCUT2D eigenvalue weighted by Crippen LogP contribution is 1.97. The Kier molecular flexibility index (Phi) is 22.8. The van der Waals surface area contributed by atoms with Gasteiger partial charge >= 0.3 is 0 Å². The summed E-state index contributed by atoms with van der Waals surface area (Å²) >= 11 is 0. The van der Waals surface area contributed by atoms with Crippen molar-refractivity contribution in [2.45, 2.75) is 66.8 Å². The van der Waals surface area contributed by atoms with Crippen LogP contribution in [0, 0.1) is 0 Å². The molecule has 0 atom stereocenters. The van der Waals surface area contributed by atoms with Crippen molar-refractivity contribution in [1.82, 2.24) is 20.9 Å². The van der Waals surface area contributed by atoms with Crippen molar-refractivity contribution in [2.24, 2.45) is 0 Å². The van der Waals surface area contributed by atoms with Crippen LogP contribution in [-0.4, -0.2) is 63.3 Å². The Morgan fingerprint density at radius 1 is 0.773 bits per heavy atom. The van der Waals surface area contributed by atoms with Gasteiger partial charge in [-0.3, -0.25) is 0 Å². The van der Waals surface area contributed by atoms with Crippen LogP contribution in [0.1, 0.15) is 63.7 Å². The lowest BCUT2D eigenvalue weighted by Crippen LogP contribution is -2.33. The molecule has 0 aromatic heterocycles. The van der Waals surface area contributed by atoms with Gasteiger partial charge in [-0.05, 0) is 85.5 Å². The zero-order valence-electron chi connectivity index (χ0n) is 16.3. The van der Waals surface area contributed by atoms with Crippen LogP contribution < -0.4 is 16.0 Å². The summed E-state index contributed by atoms with van der Waals surface area (Å²) in [4.78, 5) is 2.52. The van der Waals surface area contributed by atoms with E-state index in [0.717, 1.165) is 45.8 Å². The van der Waals surface area contributed by atoms with Crippen LogP contribution in [0.25, 0.3) is 0 Å². The maximum absolute atomic E-state index is 3.54. The van der Waals surface area contributed by atoms with Crippen LogP contribution in [0.15, 0.2) is 0 Å². The Hall–Kier alpha value is -0.160. The van der Waals surface area contributed by atoms with E-state index < -0.39 is 0 Å². The molecule has 0 saturated carbocycles. The van der Waals surface area contributed by atoms with Gasteiger partial charge in [-0.2, -0.15) is 0 Å². The van der Waals surface area contributed by atoms with Crippen molar-refractivity contribution in [3.05, 3.63) is 0 Å². The zero-order valence-corrected chi connectivity index (χ0v) is 16.3. The average molecular weight is 321 g/mol. The third-order valence-corrected chi connectivity index (χ3v) is 3.60. The molecule has 0 bridgehead atoms.